The van der Waals surface area contributed by atoms with Crippen LogP contribution in [0.1, 0.15) is 28.5 Å². The van der Waals surface area contributed by atoms with E-state index >= 15 is 0 Å². The molecule has 0 saturated carbocycles. The Balaban J connectivity index is 1.64. The molecule has 0 saturated heterocycles. The minimum atomic E-state index is -0.321. The molecular formula is C21H22N4O2. The van der Waals surface area contributed by atoms with Crippen molar-refractivity contribution in [2.45, 2.75) is 19.8 Å². The van der Waals surface area contributed by atoms with Gasteiger partial charge in [0.15, 0.2) is 5.69 Å². The number of nitrogens with one attached hydrogen (secondary N) is 2. The van der Waals surface area contributed by atoms with Crippen molar-refractivity contribution in [3.8, 4) is 0 Å². The Morgan fingerprint density at radius 2 is 1.67 bits per heavy atom. The van der Waals surface area contributed by atoms with E-state index in [0.29, 0.717) is 11.5 Å². The molecule has 0 atom stereocenters. The monoisotopic (exact) mass is 362 g/mol. The minimum Gasteiger partial charge on any atom is -0.321 e. The highest BCUT2D eigenvalue weighted by Crippen LogP contribution is 2.14. The summed E-state index contributed by atoms with van der Waals surface area (Å²) in [6, 6.07) is 18.7. The van der Waals surface area contributed by atoms with Crippen LogP contribution in [-0.2, 0) is 24.7 Å². The first kappa shape index (κ1) is 18.4. The molecule has 3 aromatic rings. The smallest absolute Gasteiger partial charge is 0.276 e. The first-order chi connectivity index (χ1) is 13.0. The number of amides is 2. The summed E-state index contributed by atoms with van der Waals surface area (Å²) in [6.07, 6.45) is 1.21. The number of hydrogen-bond donors (Lipinski definition) is 2. The normalized spacial score (nSPS) is 10.4. The highest BCUT2D eigenvalue weighted by atomic mass is 16.2. The minimum absolute atomic E-state index is 0.161. The van der Waals surface area contributed by atoms with Crippen LogP contribution in [0.2, 0.25) is 0 Å². The van der Waals surface area contributed by atoms with Gasteiger partial charge in [0.2, 0.25) is 5.91 Å². The number of hydrogen-bond acceptors (Lipinski definition) is 3. The number of anilines is 2. The fourth-order valence-electron chi connectivity index (χ4n) is 2.68. The van der Waals surface area contributed by atoms with Crippen LogP contribution in [0.25, 0.3) is 0 Å². The molecule has 1 heterocycles. The second-order valence-electron chi connectivity index (χ2n) is 6.25. The Labute approximate surface area is 158 Å². The third-order valence-corrected chi connectivity index (χ3v) is 4.21. The molecule has 138 valence electrons. The molecule has 1 aromatic heterocycles. The van der Waals surface area contributed by atoms with Crippen molar-refractivity contribution in [3.63, 3.8) is 0 Å². The first-order valence-electron chi connectivity index (χ1n) is 8.83. The van der Waals surface area contributed by atoms with Gasteiger partial charge in [-0.2, -0.15) is 5.10 Å². The van der Waals surface area contributed by atoms with E-state index in [-0.39, 0.29) is 23.9 Å². The molecule has 2 amide bonds. The van der Waals surface area contributed by atoms with Crippen LogP contribution in [0.5, 0.6) is 0 Å². The van der Waals surface area contributed by atoms with E-state index in [1.165, 1.54) is 10.2 Å². The van der Waals surface area contributed by atoms with Crippen molar-refractivity contribution in [3.05, 3.63) is 77.5 Å². The van der Waals surface area contributed by atoms with E-state index in [9.17, 15) is 9.59 Å². The highest BCUT2D eigenvalue weighted by molar-refractivity contribution is 6.04. The van der Waals surface area contributed by atoms with Crippen molar-refractivity contribution in [2.24, 2.45) is 7.05 Å². The topological polar surface area (TPSA) is 76.0 Å². The average Bonchev–Trinajstić information content (AvgIpc) is 3.03. The van der Waals surface area contributed by atoms with Gasteiger partial charge in [-0.15, -0.1) is 0 Å². The van der Waals surface area contributed by atoms with Crippen LogP contribution in [0.3, 0.4) is 0 Å². The lowest BCUT2D eigenvalue weighted by atomic mass is 10.1. The number of rotatable bonds is 6. The standard InChI is InChI=1S/C21H22N4O2/c1-3-15-9-11-17(12-10-15)22-21(27)18-14-19(25(2)24-18)23-20(26)13-16-7-5-4-6-8-16/h4-12,14H,3,13H2,1-2H3,(H,22,27)(H,23,26). The second-order valence-corrected chi connectivity index (χ2v) is 6.25. The first-order valence-corrected chi connectivity index (χ1v) is 8.83. The number of nitrogens with zero attached hydrogens (tertiary/aromatic N) is 2. The lowest BCUT2D eigenvalue weighted by Gasteiger charge is -2.04. The molecule has 2 aromatic carbocycles. The molecule has 0 fully saturated rings. The molecule has 27 heavy (non-hydrogen) atoms. The summed E-state index contributed by atoms with van der Waals surface area (Å²) in [5.74, 6) is -0.00729. The summed E-state index contributed by atoms with van der Waals surface area (Å²) in [5, 5.41) is 9.80. The van der Waals surface area contributed by atoms with Crippen molar-refractivity contribution in [1.82, 2.24) is 9.78 Å². The van der Waals surface area contributed by atoms with Gasteiger partial charge in [-0.05, 0) is 29.7 Å². The molecule has 0 bridgehead atoms. The van der Waals surface area contributed by atoms with E-state index in [1.807, 2.05) is 54.6 Å². The molecule has 0 aliphatic rings. The van der Waals surface area contributed by atoms with Crippen LogP contribution in [0.4, 0.5) is 11.5 Å². The molecule has 6 heteroatoms. The summed E-state index contributed by atoms with van der Waals surface area (Å²) < 4.78 is 1.48. The average molecular weight is 362 g/mol. The summed E-state index contributed by atoms with van der Waals surface area (Å²) in [5.41, 5.74) is 3.07. The maximum Gasteiger partial charge on any atom is 0.276 e. The van der Waals surface area contributed by atoms with Crippen LogP contribution in [0, 0.1) is 0 Å². The largest absolute Gasteiger partial charge is 0.321 e. The van der Waals surface area contributed by atoms with Gasteiger partial charge in [-0.25, -0.2) is 0 Å². The molecule has 6 nitrogen and oxygen atoms in total. The van der Waals surface area contributed by atoms with Crippen molar-refractivity contribution in [2.75, 3.05) is 10.6 Å². The fourth-order valence-corrected chi connectivity index (χ4v) is 2.68. The molecule has 2 N–H and O–H groups in total. The highest BCUT2D eigenvalue weighted by Gasteiger charge is 2.15. The lowest BCUT2D eigenvalue weighted by Crippen LogP contribution is -2.16. The predicted molar refractivity (Wildman–Crippen MR) is 106 cm³/mol. The molecule has 0 radical (unpaired) electrons. The van der Waals surface area contributed by atoms with E-state index in [2.05, 4.69) is 22.7 Å². The zero-order valence-corrected chi connectivity index (χ0v) is 15.4. The Morgan fingerprint density at radius 3 is 2.33 bits per heavy atom. The van der Waals surface area contributed by atoms with Crippen molar-refractivity contribution in [1.29, 1.82) is 0 Å². The maximum absolute atomic E-state index is 12.4. The van der Waals surface area contributed by atoms with E-state index < -0.39 is 0 Å². The molecule has 0 spiro atoms. The SMILES string of the molecule is CCc1ccc(NC(=O)c2cc(NC(=O)Cc3ccccc3)n(C)n2)cc1. The zero-order chi connectivity index (χ0) is 19.2. The van der Waals surface area contributed by atoms with Gasteiger partial charge in [0.1, 0.15) is 5.82 Å². The Morgan fingerprint density at radius 1 is 0.963 bits per heavy atom. The lowest BCUT2D eigenvalue weighted by molar-refractivity contribution is -0.115. The zero-order valence-electron chi connectivity index (χ0n) is 15.4. The van der Waals surface area contributed by atoms with Gasteiger partial charge in [0, 0.05) is 18.8 Å². The molecule has 0 unspecified atom stereocenters. The number of aromatic nitrogens is 2. The quantitative estimate of drug-likeness (QED) is 0.705. The third kappa shape index (κ3) is 4.82. The van der Waals surface area contributed by atoms with Crippen molar-refractivity contribution < 1.29 is 9.59 Å². The maximum atomic E-state index is 12.4. The summed E-state index contributed by atoms with van der Waals surface area (Å²) in [4.78, 5) is 24.6. The number of carbonyl (C=O) groups excluding carboxylic acids is 2. The van der Waals surface area contributed by atoms with Crippen LogP contribution in [0.15, 0.2) is 60.7 Å². The molecular weight excluding hydrogens is 340 g/mol. The Hall–Kier alpha value is -3.41. The number of carbonyl (C=O) groups is 2. The van der Waals surface area contributed by atoms with Gasteiger partial charge in [-0.1, -0.05) is 49.4 Å². The van der Waals surface area contributed by atoms with Crippen molar-refractivity contribution >= 4 is 23.3 Å². The molecule has 0 aliphatic carbocycles. The summed E-state index contributed by atoms with van der Waals surface area (Å²) in [6.45, 7) is 2.08. The number of aryl methyl sites for hydroxylation is 2. The summed E-state index contributed by atoms with van der Waals surface area (Å²) in [7, 11) is 1.69. The van der Waals surface area contributed by atoms with Crippen LogP contribution >= 0.6 is 0 Å². The van der Waals surface area contributed by atoms with Gasteiger partial charge >= 0.3 is 0 Å². The predicted octanol–water partition coefficient (Wildman–Crippen LogP) is 3.42. The van der Waals surface area contributed by atoms with Crippen LogP contribution in [-0.4, -0.2) is 21.6 Å². The Kier molecular flexibility index (Phi) is 5.66. The Bertz CT molecular complexity index is 931. The van der Waals surface area contributed by atoms with Gasteiger partial charge in [0.25, 0.3) is 5.91 Å². The van der Waals surface area contributed by atoms with E-state index in [4.69, 9.17) is 0 Å². The number of benzene rings is 2. The molecule has 3 rings (SSSR count). The van der Waals surface area contributed by atoms with Gasteiger partial charge < -0.3 is 10.6 Å². The fraction of sp³-hybridized carbons (Fsp3) is 0.190. The van der Waals surface area contributed by atoms with Gasteiger partial charge in [0.05, 0.1) is 6.42 Å². The van der Waals surface area contributed by atoms with E-state index in [0.717, 1.165) is 12.0 Å². The molecule has 0 aliphatic heterocycles. The third-order valence-electron chi connectivity index (χ3n) is 4.21. The second kappa shape index (κ2) is 8.31. The van der Waals surface area contributed by atoms with Crippen LogP contribution < -0.4 is 10.6 Å². The summed E-state index contributed by atoms with van der Waals surface area (Å²) >= 11 is 0. The van der Waals surface area contributed by atoms with Gasteiger partial charge in [-0.3, -0.25) is 14.3 Å². The van der Waals surface area contributed by atoms with E-state index in [1.54, 1.807) is 13.1 Å².